The van der Waals surface area contributed by atoms with Gasteiger partial charge in [0.2, 0.25) is 0 Å². The molecule has 0 spiro atoms. The van der Waals surface area contributed by atoms with E-state index >= 15 is 0 Å². The minimum absolute atomic E-state index is 0.00734. The summed E-state index contributed by atoms with van der Waals surface area (Å²) in [7, 11) is 0. The molecule has 0 saturated carbocycles. The summed E-state index contributed by atoms with van der Waals surface area (Å²) in [6.07, 6.45) is 5.32. The van der Waals surface area contributed by atoms with Crippen LogP contribution in [0.5, 0.6) is 0 Å². The first-order valence-corrected chi connectivity index (χ1v) is 5.78. The number of fused-ring (bicyclic) bond motifs is 1. The van der Waals surface area contributed by atoms with Crippen molar-refractivity contribution in [3.8, 4) is 0 Å². The van der Waals surface area contributed by atoms with Crippen LogP contribution in [0.3, 0.4) is 0 Å². The summed E-state index contributed by atoms with van der Waals surface area (Å²) in [4.78, 5) is 13.6. The molecule has 0 radical (unpaired) electrons. The quantitative estimate of drug-likeness (QED) is 0.661. The summed E-state index contributed by atoms with van der Waals surface area (Å²) in [6.45, 7) is 7.05. The molecule has 2 aliphatic rings. The van der Waals surface area contributed by atoms with Crippen LogP contribution in [0.4, 0.5) is 4.79 Å². The number of hydrogen-bond acceptors (Lipinski definition) is 2. The van der Waals surface area contributed by atoms with Gasteiger partial charge in [0.1, 0.15) is 0 Å². The Morgan fingerprint density at radius 2 is 2.36 bits per heavy atom. The van der Waals surface area contributed by atoms with Crippen LogP contribution in [0.1, 0.15) is 27.2 Å². The van der Waals surface area contributed by atoms with Crippen LogP contribution < -0.4 is 0 Å². The lowest BCUT2D eigenvalue weighted by atomic mass is 9.93. The molecule has 1 aliphatic heterocycles. The van der Waals surface area contributed by atoms with Gasteiger partial charge in [0.05, 0.1) is 4.75 Å². The molecule has 1 aliphatic carbocycles. The van der Waals surface area contributed by atoms with Gasteiger partial charge in [-0.05, 0) is 33.3 Å². The van der Waals surface area contributed by atoms with Crippen molar-refractivity contribution < 1.29 is 4.79 Å². The van der Waals surface area contributed by atoms with Crippen molar-refractivity contribution in [1.29, 1.82) is 0 Å². The molecule has 1 unspecified atom stereocenters. The van der Waals surface area contributed by atoms with Crippen LogP contribution >= 0.6 is 11.8 Å². The third kappa shape index (κ3) is 1.31. The predicted octanol–water partition coefficient (Wildman–Crippen LogP) is 3.17. The molecule has 2 nitrogen and oxygen atoms in total. The topological polar surface area (TPSA) is 20.3 Å². The number of allylic oxidation sites excluding steroid dienone is 3. The van der Waals surface area contributed by atoms with Gasteiger partial charge in [-0.3, -0.25) is 4.79 Å². The average Bonchev–Trinajstić information content (AvgIpc) is 2.36. The van der Waals surface area contributed by atoms with Gasteiger partial charge >= 0.3 is 0 Å². The molecule has 1 fully saturated rings. The number of carbonyl (C=O) groups is 1. The number of thioether (sulfide) groups is 1. The standard InChI is InChI=1S/C11H15NOS/c1-4-12-9-7-8(2)5-6-11(9,3)14-10(12)13/h5,7H,4,6H2,1-3H3. The first kappa shape index (κ1) is 9.84. The molecule has 1 amide bonds. The third-order valence-electron chi connectivity index (χ3n) is 2.86. The highest BCUT2D eigenvalue weighted by Crippen LogP contribution is 2.48. The largest absolute Gasteiger partial charge is 0.306 e. The molecule has 2 rings (SSSR count). The number of rotatable bonds is 1. The zero-order chi connectivity index (χ0) is 10.3. The number of carbonyl (C=O) groups excluding carboxylic acids is 1. The predicted molar refractivity (Wildman–Crippen MR) is 60.2 cm³/mol. The summed E-state index contributed by atoms with van der Waals surface area (Å²) in [5, 5.41) is 0.198. The van der Waals surface area contributed by atoms with Crippen molar-refractivity contribution in [2.45, 2.75) is 31.9 Å². The normalized spacial score (nSPS) is 31.4. The summed E-state index contributed by atoms with van der Waals surface area (Å²) in [5.74, 6) is 0. The molecule has 0 aromatic rings. The Kier molecular flexibility index (Phi) is 2.22. The Labute approximate surface area is 89.0 Å². The molecule has 1 atom stereocenters. The second kappa shape index (κ2) is 3.16. The molecular formula is C11H15NOS. The highest BCUT2D eigenvalue weighted by Gasteiger charge is 2.45. The summed E-state index contributed by atoms with van der Waals surface area (Å²) < 4.78 is -0.00734. The lowest BCUT2D eigenvalue weighted by Crippen LogP contribution is -2.28. The van der Waals surface area contributed by atoms with Crippen molar-refractivity contribution >= 4 is 17.0 Å². The Bertz CT molecular complexity index is 345. The SMILES string of the molecule is CCN1C(=O)SC2(C)CC=C(C)C=C12. The molecule has 0 aromatic carbocycles. The highest BCUT2D eigenvalue weighted by atomic mass is 32.2. The van der Waals surface area contributed by atoms with Crippen LogP contribution in [0.2, 0.25) is 0 Å². The number of hydrogen-bond donors (Lipinski definition) is 0. The Balaban J connectivity index is 2.42. The van der Waals surface area contributed by atoms with Gasteiger partial charge in [-0.25, -0.2) is 0 Å². The monoisotopic (exact) mass is 209 g/mol. The van der Waals surface area contributed by atoms with E-state index in [0.717, 1.165) is 13.0 Å². The number of amides is 1. The van der Waals surface area contributed by atoms with Gasteiger partial charge in [0.25, 0.3) is 5.24 Å². The summed E-state index contributed by atoms with van der Waals surface area (Å²) >= 11 is 1.46. The Morgan fingerprint density at radius 3 is 3.00 bits per heavy atom. The smallest absolute Gasteiger partial charge is 0.286 e. The number of nitrogens with zero attached hydrogens (tertiary/aromatic N) is 1. The van der Waals surface area contributed by atoms with Crippen molar-refractivity contribution in [1.82, 2.24) is 4.90 Å². The van der Waals surface area contributed by atoms with Gasteiger partial charge in [0.15, 0.2) is 0 Å². The van der Waals surface area contributed by atoms with E-state index in [9.17, 15) is 4.79 Å². The molecule has 14 heavy (non-hydrogen) atoms. The zero-order valence-corrected chi connectivity index (χ0v) is 9.65. The zero-order valence-electron chi connectivity index (χ0n) is 8.83. The van der Waals surface area contributed by atoms with Crippen molar-refractivity contribution in [3.05, 3.63) is 23.4 Å². The molecule has 0 bridgehead atoms. The molecule has 1 saturated heterocycles. The second-order valence-electron chi connectivity index (χ2n) is 4.02. The van der Waals surface area contributed by atoms with Gasteiger partial charge in [-0.2, -0.15) is 0 Å². The van der Waals surface area contributed by atoms with E-state index < -0.39 is 0 Å². The fraction of sp³-hybridized carbons (Fsp3) is 0.545. The van der Waals surface area contributed by atoms with E-state index in [1.807, 2.05) is 11.8 Å². The molecule has 76 valence electrons. The van der Waals surface area contributed by atoms with E-state index in [2.05, 4.69) is 26.0 Å². The molecule has 1 heterocycles. The maximum Gasteiger partial charge on any atom is 0.286 e. The molecule has 3 heteroatoms. The minimum Gasteiger partial charge on any atom is -0.306 e. The van der Waals surface area contributed by atoms with Crippen molar-refractivity contribution in [3.63, 3.8) is 0 Å². The lowest BCUT2D eigenvalue weighted by Gasteiger charge is -2.28. The van der Waals surface area contributed by atoms with E-state index in [0.29, 0.717) is 0 Å². The first-order chi connectivity index (χ1) is 6.57. The van der Waals surface area contributed by atoms with Crippen molar-refractivity contribution in [2.75, 3.05) is 6.54 Å². The maximum atomic E-state index is 11.7. The lowest BCUT2D eigenvalue weighted by molar-refractivity contribution is 0.238. The van der Waals surface area contributed by atoms with Gasteiger partial charge in [-0.1, -0.05) is 23.4 Å². The molecular weight excluding hydrogens is 194 g/mol. The van der Waals surface area contributed by atoms with E-state index in [4.69, 9.17) is 0 Å². The summed E-state index contributed by atoms with van der Waals surface area (Å²) in [5.41, 5.74) is 2.46. The third-order valence-corrected chi connectivity index (χ3v) is 4.08. The average molecular weight is 209 g/mol. The van der Waals surface area contributed by atoms with Gasteiger partial charge in [0, 0.05) is 12.2 Å². The van der Waals surface area contributed by atoms with Gasteiger partial charge < -0.3 is 4.90 Å². The fourth-order valence-corrected chi connectivity index (χ4v) is 3.15. The van der Waals surface area contributed by atoms with E-state index in [1.54, 1.807) is 0 Å². The minimum atomic E-state index is -0.00734. The van der Waals surface area contributed by atoms with Crippen molar-refractivity contribution in [2.24, 2.45) is 0 Å². The van der Waals surface area contributed by atoms with E-state index in [-0.39, 0.29) is 9.99 Å². The van der Waals surface area contributed by atoms with Gasteiger partial charge in [-0.15, -0.1) is 0 Å². The Hall–Kier alpha value is -0.700. The summed E-state index contributed by atoms with van der Waals surface area (Å²) in [6, 6.07) is 0. The molecule has 0 aromatic heterocycles. The second-order valence-corrected chi connectivity index (χ2v) is 5.48. The van der Waals surface area contributed by atoms with Crippen LogP contribution in [-0.4, -0.2) is 21.4 Å². The molecule has 0 N–H and O–H groups in total. The van der Waals surface area contributed by atoms with E-state index in [1.165, 1.54) is 23.0 Å². The van der Waals surface area contributed by atoms with Crippen LogP contribution in [0.15, 0.2) is 23.4 Å². The first-order valence-electron chi connectivity index (χ1n) is 4.96. The Morgan fingerprint density at radius 1 is 1.64 bits per heavy atom. The fourth-order valence-electron chi connectivity index (χ4n) is 1.99. The van der Waals surface area contributed by atoms with Crippen LogP contribution in [0.25, 0.3) is 0 Å². The van der Waals surface area contributed by atoms with Crippen LogP contribution in [0, 0.1) is 0 Å². The van der Waals surface area contributed by atoms with Crippen LogP contribution in [-0.2, 0) is 0 Å². The highest BCUT2D eigenvalue weighted by molar-refractivity contribution is 8.15. The maximum absolute atomic E-state index is 11.7.